The zero-order valence-electron chi connectivity index (χ0n) is 18.4. The molecule has 1 aliphatic rings. The van der Waals surface area contributed by atoms with Gasteiger partial charge in [-0.25, -0.2) is 0 Å². The lowest BCUT2D eigenvalue weighted by atomic mass is 10.1. The van der Waals surface area contributed by atoms with Gasteiger partial charge in [-0.15, -0.1) is 0 Å². The van der Waals surface area contributed by atoms with Gasteiger partial charge in [0.25, 0.3) is 0 Å². The Kier molecular flexibility index (Phi) is 13.9. The highest BCUT2D eigenvalue weighted by molar-refractivity contribution is 7.80. The summed E-state index contributed by atoms with van der Waals surface area (Å²) in [7, 11) is 0. The SMILES string of the molecule is CCCCCCCCCCCCNC(=O)C1CCCN1C(=O)C(CS)NC(C)=O. The van der Waals surface area contributed by atoms with Crippen LogP contribution in [0.1, 0.15) is 90.9 Å². The average Bonchev–Trinajstić information content (AvgIpc) is 3.19. The lowest BCUT2D eigenvalue weighted by Gasteiger charge is -2.27. The first-order chi connectivity index (χ1) is 14.0. The van der Waals surface area contributed by atoms with Gasteiger partial charge in [0.2, 0.25) is 17.7 Å². The number of carbonyl (C=O) groups is 3. The number of hydrogen-bond donors (Lipinski definition) is 3. The molecule has 1 heterocycles. The zero-order chi connectivity index (χ0) is 21.5. The molecule has 0 aliphatic carbocycles. The second-order valence-electron chi connectivity index (χ2n) is 8.10. The van der Waals surface area contributed by atoms with E-state index in [4.69, 9.17) is 0 Å². The first-order valence-electron chi connectivity index (χ1n) is 11.5. The zero-order valence-corrected chi connectivity index (χ0v) is 19.3. The van der Waals surface area contributed by atoms with Gasteiger partial charge in [0.15, 0.2) is 0 Å². The number of thiol groups is 1. The highest BCUT2D eigenvalue weighted by atomic mass is 32.1. The van der Waals surface area contributed by atoms with E-state index in [2.05, 4.69) is 30.2 Å². The van der Waals surface area contributed by atoms with Gasteiger partial charge in [-0.1, -0.05) is 64.7 Å². The average molecular weight is 428 g/mol. The predicted molar refractivity (Wildman–Crippen MR) is 121 cm³/mol. The first kappa shape index (κ1) is 25.8. The van der Waals surface area contributed by atoms with Crippen molar-refractivity contribution in [1.82, 2.24) is 15.5 Å². The van der Waals surface area contributed by atoms with E-state index in [9.17, 15) is 14.4 Å². The minimum absolute atomic E-state index is 0.0764. The molecule has 0 aromatic carbocycles. The van der Waals surface area contributed by atoms with Crippen molar-refractivity contribution in [2.24, 2.45) is 0 Å². The topological polar surface area (TPSA) is 78.5 Å². The van der Waals surface area contributed by atoms with Crippen molar-refractivity contribution in [3.8, 4) is 0 Å². The van der Waals surface area contributed by atoms with E-state index >= 15 is 0 Å². The smallest absolute Gasteiger partial charge is 0.246 e. The highest BCUT2D eigenvalue weighted by Gasteiger charge is 2.36. The summed E-state index contributed by atoms with van der Waals surface area (Å²) in [6.45, 7) is 4.84. The van der Waals surface area contributed by atoms with Crippen LogP contribution < -0.4 is 10.6 Å². The Balaban J connectivity index is 2.21. The third-order valence-corrected chi connectivity index (χ3v) is 5.89. The van der Waals surface area contributed by atoms with Gasteiger partial charge in [-0.2, -0.15) is 12.6 Å². The summed E-state index contributed by atoms with van der Waals surface area (Å²) in [5.74, 6) is -0.333. The minimum atomic E-state index is -0.675. The first-order valence-corrected chi connectivity index (χ1v) is 12.1. The van der Waals surface area contributed by atoms with Crippen molar-refractivity contribution in [3.63, 3.8) is 0 Å². The van der Waals surface area contributed by atoms with E-state index in [1.165, 1.54) is 58.3 Å². The highest BCUT2D eigenvalue weighted by Crippen LogP contribution is 2.19. The van der Waals surface area contributed by atoms with Gasteiger partial charge >= 0.3 is 0 Å². The predicted octanol–water partition coefficient (Wildman–Crippen LogP) is 3.45. The molecule has 0 saturated carbocycles. The Morgan fingerprint density at radius 1 is 1.00 bits per heavy atom. The maximum Gasteiger partial charge on any atom is 0.246 e. The van der Waals surface area contributed by atoms with Crippen LogP contribution in [-0.2, 0) is 14.4 Å². The summed E-state index contributed by atoms with van der Waals surface area (Å²) in [4.78, 5) is 38.1. The molecule has 3 amide bonds. The Morgan fingerprint density at radius 3 is 2.14 bits per heavy atom. The molecule has 2 unspecified atom stereocenters. The largest absolute Gasteiger partial charge is 0.354 e. The number of hydrogen-bond acceptors (Lipinski definition) is 4. The van der Waals surface area contributed by atoms with Crippen LogP contribution in [0.2, 0.25) is 0 Å². The van der Waals surface area contributed by atoms with Crippen LogP contribution in [0.3, 0.4) is 0 Å². The molecule has 29 heavy (non-hydrogen) atoms. The quantitative estimate of drug-likeness (QED) is 0.277. The number of amides is 3. The molecule has 6 nitrogen and oxygen atoms in total. The molecule has 168 valence electrons. The Hall–Kier alpha value is -1.24. The van der Waals surface area contributed by atoms with E-state index < -0.39 is 12.1 Å². The number of carbonyl (C=O) groups excluding carboxylic acids is 3. The molecule has 7 heteroatoms. The third-order valence-electron chi connectivity index (χ3n) is 5.53. The van der Waals surface area contributed by atoms with Crippen molar-refractivity contribution in [1.29, 1.82) is 0 Å². The summed E-state index contributed by atoms with van der Waals surface area (Å²) in [6, 6.07) is -1.10. The summed E-state index contributed by atoms with van der Waals surface area (Å²) in [5, 5.41) is 5.61. The normalized spacial score (nSPS) is 17.2. The van der Waals surface area contributed by atoms with E-state index in [0.717, 1.165) is 19.3 Å². The third kappa shape index (κ3) is 10.4. The lowest BCUT2D eigenvalue weighted by Crippen LogP contribution is -2.54. The van der Waals surface area contributed by atoms with Crippen LogP contribution in [0.4, 0.5) is 0 Å². The van der Waals surface area contributed by atoms with Crippen molar-refractivity contribution in [3.05, 3.63) is 0 Å². The van der Waals surface area contributed by atoms with Gasteiger partial charge in [0.1, 0.15) is 12.1 Å². The summed E-state index contributed by atoms with van der Waals surface area (Å²) < 4.78 is 0. The number of nitrogens with zero attached hydrogens (tertiary/aromatic N) is 1. The van der Waals surface area contributed by atoms with Crippen LogP contribution in [0, 0.1) is 0 Å². The number of likely N-dealkylation sites (tertiary alicyclic amines) is 1. The Labute approximate surface area is 182 Å². The van der Waals surface area contributed by atoms with E-state index in [0.29, 0.717) is 19.5 Å². The molecule has 1 aliphatic heterocycles. The Morgan fingerprint density at radius 2 is 1.59 bits per heavy atom. The summed E-state index contributed by atoms with van der Waals surface area (Å²) in [6.07, 6.45) is 14.1. The molecular weight excluding hydrogens is 386 g/mol. The second kappa shape index (κ2) is 15.6. The maximum atomic E-state index is 12.7. The van der Waals surface area contributed by atoms with Gasteiger partial charge in [0.05, 0.1) is 0 Å². The van der Waals surface area contributed by atoms with Crippen LogP contribution in [-0.4, -0.2) is 53.5 Å². The van der Waals surface area contributed by atoms with E-state index in [1.54, 1.807) is 4.90 Å². The molecule has 0 bridgehead atoms. The standard InChI is InChI=1S/C22H41N3O3S/c1-3-4-5-6-7-8-9-10-11-12-15-23-21(27)20-14-13-16-25(20)22(28)19(17-29)24-18(2)26/h19-20,29H,3-17H2,1-2H3,(H,23,27)(H,24,26). The van der Waals surface area contributed by atoms with Crippen LogP contribution in [0.5, 0.6) is 0 Å². The molecule has 0 aromatic heterocycles. The molecule has 0 spiro atoms. The molecule has 0 aromatic rings. The molecule has 2 atom stereocenters. The van der Waals surface area contributed by atoms with Crippen molar-refractivity contribution >= 4 is 30.4 Å². The van der Waals surface area contributed by atoms with Gasteiger partial charge < -0.3 is 15.5 Å². The number of nitrogens with one attached hydrogen (secondary N) is 2. The number of unbranched alkanes of at least 4 members (excludes halogenated alkanes) is 9. The second-order valence-corrected chi connectivity index (χ2v) is 8.46. The van der Waals surface area contributed by atoms with Crippen molar-refractivity contribution in [2.45, 2.75) is 103 Å². The molecule has 1 fully saturated rings. The molecule has 0 radical (unpaired) electrons. The van der Waals surface area contributed by atoms with Crippen LogP contribution >= 0.6 is 12.6 Å². The fraction of sp³-hybridized carbons (Fsp3) is 0.864. The molecule has 2 N–H and O–H groups in total. The molecular formula is C22H41N3O3S. The molecule has 1 saturated heterocycles. The van der Waals surface area contributed by atoms with Gasteiger partial charge in [-0.05, 0) is 19.3 Å². The van der Waals surface area contributed by atoms with Crippen LogP contribution in [0.25, 0.3) is 0 Å². The van der Waals surface area contributed by atoms with Crippen LogP contribution in [0.15, 0.2) is 0 Å². The maximum absolute atomic E-state index is 12.7. The van der Waals surface area contributed by atoms with Crippen molar-refractivity contribution in [2.75, 3.05) is 18.8 Å². The Bertz CT molecular complexity index is 502. The lowest BCUT2D eigenvalue weighted by molar-refractivity contribution is -0.140. The summed E-state index contributed by atoms with van der Waals surface area (Å²) in [5.41, 5.74) is 0. The van der Waals surface area contributed by atoms with Gasteiger partial charge in [-0.3, -0.25) is 14.4 Å². The summed E-state index contributed by atoms with van der Waals surface area (Å²) >= 11 is 4.17. The molecule has 1 rings (SSSR count). The minimum Gasteiger partial charge on any atom is -0.354 e. The van der Waals surface area contributed by atoms with Crippen molar-refractivity contribution < 1.29 is 14.4 Å². The number of rotatable bonds is 15. The van der Waals surface area contributed by atoms with E-state index in [1.807, 2.05) is 0 Å². The van der Waals surface area contributed by atoms with Gasteiger partial charge in [0, 0.05) is 25.8 Å². The van der Waals surface area contributed by atoms with E-state index in [-0.39, 0.29) is 23.5 Å². The monoisotopic (exact) mass is 427 g/mol. The fourth-order valence-electron chi connectivity index (χ4n) is 3.88. The fourth-order valence-corrected chi connectivity index (χ4v) is 4.12.